The van der Waals surface area contributed by atoms with Crippen LogP contribution in [0, 0.1) is 17.8 Å². The lowest BCUT2D eigenvalue weighted by atomic mass is 9.82. The molecule has 5 aliphatic rings. The number of hydrogen-bond donors (Lipinski definition) is 6. The molecule has 0 spiro atoms. The molecule has 2 aliphatic carbocycles. The van der Waals surface area contributed by atoms with Gasteiger partial charge in [-0.25, -0.2) is 9.59 Å². The molecule has 0 radical (unpaired) electrons. The minimum atomic E-state index is -1.51. The van der Waals surface area contributed by atoms with E-state index in [-0.39, 0.29) is 66.3 Å². The van der Waals surface area contributed by atoms with Crippen molar-refractivity contribution in [2.75, 3.05) is 26.9 Å². The number of allylic oxidation sites excluding steroid dienone is 2. The fourth-order valence-electron chi connectivity index (χ4n) is 10.2. The van der Waals surface area contributed by atoms with Gasteiger partial charge in [0.25, 0.3) is 0 Å². The highest BCUT2D eigenvalue weighted by Gasteiger charge is 2.77. The molecule has 3 aliphatic heterocycles. The average molecular weight is 925 g/mol. The Balaban J connectivity index is 0.972. The Morgan fingerprint density at radius 1 is 0.746 bits per heavy atom. The van der Waals surface area contributed by atoms with Crippen molar-refractivity contribution in [2.24, 2.45) is 29.2 Å². The van der Waals surface area contributed by atoms with Gasteiger partial charge in [0.05, 0.1) is 23.4 Å². The molecule has 19 heteroatoms. The molecule has 0 aromatic heterocycles. The molecular formula is C48H60N8O11. The van der Waals surface area contributed by atoms with Crippen molar-refractivity contribution >= 4 is 47.4 Å². The van der Waals surface area contributed by atoms with Crippen molar-refractivity contribution in [1.29, 1.82) is 0 Å². The van der Waals surface area contributed by atoms with Gasteiger partial charge in [0.2, 0.25) is 35.2 Å². The van der Waals surface area contributed by atoms with E-state index in [0.29, 0.717) is 0 Å². The predicted molar refractivity (Wildman–Crippen MR) is 242 cm³/mol. The maximum absolute atomic E-state index is 14.5. The summed E-state index contributed by atoms with van der Waals surface area (Å²) in [5, 5.41) is 10.7. The van der Waals surface area contributed by atoms with Crippen molar-refractivity contribution in [1.82, 2.24) is 31.1 Å². The number of amides is 6. The monoisotopic (exact) mass is 924 g/mol. The molecule has 0 saturated carbocycles. The van der Waals surface area contributed by atoms with E-state index >= 15 is 0 Å². The highest BCUT2D eigenvalue weighted by Crippen LogP contribution is 2.60. The van der Waals surface area contributed by atoms with E-state index in [2.05, 4.69) is 21.3 Å². The summed E-state index contributed by atoms with van der Waals surface area (Å²) < 4.78 is 17.0. The van der Waals surface area contributed by atoms with Crippen molar-refractivity contribution in [2.45, 2.75) is 109 Å². The summed E-state index contributed by atoms with van der Waals surface area (Å²) in [5.41, 5.74) is 14.0. The van der Waals surface area contributed by atoms with Crippen LogP contribution in [0.5, 0.6) is 0 Å². The van der Waals surface area contributed by atoms with Crippen LogP contribution in [0.3, 0.4) is 0 Å². The number of Topliss-reactive ketones (excluding diaryl/α,β-unsaturated/α-hetero) is 2. The highest BCUT2D eigenvalue weighted by atomic mass is 16.6. The Kier molecular flexibility index (Phi) is 13.6. The fraction of sp³-hybridized carbons (Fsp3) is 0.500. The SMILES string of the molecule is CO[C@]12[C@@H](COC(N)=O)C3=C(C(=O)C(C)=C(N)C3=O)N1C[C@@H]1[C@H]2N1C(=O)C(CC(C)C)NC(=O)C(C)NC(=O)C(CC(C)C)NC(=O)C(C)NC(=O)OCC1c2ccccc2-c2ccccc21. The van der Waals surface area contributed by atoms with Crippen LogP contribution in [0.4, 0.5) is 9.59 Å². The third-order valence-corrected chi connectivity index (χ3v) is 13.4. The Hall–Kier alpha value is -6.76. The van der Waals surface area contributed by atoms with E-state index in [0.717, 1.165) is 22.3 Å². The second-order valence-electron chi connectivity index (χ2n) is 18.8. The van der Waals surface area contributed by atoms with Crippen molar-refractivity contribution in [3.05, 3.63) is 82.2 Å². The Bertz CT molecular complexity index is 2420. The van der Waals surface area contributed by atoms with Crippen LogP contribution in [0.25, 0.3) is 11.1 Å². The first-order chi connectivity index (χ1) is 31.7. The molecule has 0 bridgehead atoms. The third kappa shape index (κ3) is 8.83. The van der Waals surface area contributed by atoms with E-state index in [1.54, 1.807) is 4.90 Å². The molecule has 7 rings (SSSR count). The van der Waals surface area contributed by atoms with Crippen molar-refractivity contribution in [3.8, 4) is 11.1 Å². The molecule has 2 fully saturated rings. The lowest BCUT2D eigenvalue weighted by Gasteiger charge is -2.41. The number of ketones is 2. The van der Waals surface area contributed by atoms with Crippen LogP contribution < -0.4 is 32.7 Å². The molecule has 2 aromatic carbocycles. The van der Waals surface area contributed by atoms with E-state index in [1.807, 2.05) is 76.2 Å². The predicted octanol–water partition coefficient (Wildman–Crippen LogP) is 2.08. The molecule has 6 amide bonds. The number of piperazine rings is 1. The minimum absolute atomic E-state index is 0.0128. The Morgan fingerprint density at radius 2 is 1.30 bits per heavy atom. The van der Waals surface area contributed by atoms with E-state index in [4.69, 9.17) is 25.7 Å². The largest absolute Gasteiger partial charge is 0.449 e. The molecule has 2 saturated heterocycles. The van der Waals surface area contributed by atoms with E-state index in [9.17, 15) is 38.4 Å². The smallest absolute Gasteiger partial charge is 0.407 e. The number of nitrogens with zero attached hydrogens (tertiary/aromatic N) is 2. The first kappa shape index (κ1) is 48.2. The van der Waals surface area contributed by atoms with Gasteiger partial charge in [0, 0.05) is 30.7 Å². The molecule has 2 aromatic rings. The number of carbonyl (C=O) groups excluding carboxylic acids is 8. The summed E-state index contributed by atoms with van der Waals surface area (Å²) in [6, 6.07) is 10.2. The van der Waals surface area contributed by atoms with Crippen LogP contribution >= 0.6 is 0 Å². The highest BCUT2D eigenvalue weighted by molar-refractivity contribution is 6.25. The van der Waals surface area contributed by atoms with Gasteiger partial charge in [-0.05, 0) is 67.7 Å². The van der Waals surface area contributed by atoms with Crippen LogP contribution in [-0.4, -0.2) is 126 Å². The normalized spacial score (nSPS) is 23.1. The van der Waals surface area contributed by atoms with Gasteiger partial charge in [-0.1, -0.05) is 76.2 Å². The van der Waals surface area contributed by atoms with Gasteiger partial charge in [0.15, 0.2) is 5.72 Å². The standard InChI is InChI=1S/C48H60N8O11/c1-22(2)17-33(53-43(60)26(7)52-47(64)67-20-31-29-15-11-9-13-27(29)28-14-10-12-16-30(28)31)44(61)51-25(6)42(59)54-34(18-23(3)4)45(62)56-35-19-55-38-36(40(58)37(49)24(5)39(38)57)32(21-66-46(50)63)48(55,65-8)41(35)56/h9-16,22-23,25-26,31-35,41H,17-21,49H2,1-8H3,(H2,50,63)(H,51,61)(H,52,64)(H,53,60)(H,54,59)/t25?,26?,32-,33?,34?,35+,41+,48-,56?/m0/s1. The number of ether oxygens (including phenoxy) is 3. The Morgan fingerprint density at radius 3 is 1.87 bits per heavy atom. The zero-order valence-corrected chi connectivity index (χ0v) is 39.0. The molecule has 3 heterocycles. The van der Waals surface area contributed by atoms with Crippen molar-refractivity contribution < 1.29 is 52.6 Å². The maximum atomic E-state index is 14.5. The Labute approximate surface area is 388 Å². The number of hydrogen-bond acceptors (Lipinski definition) is 13. The average Bonchev–Trinajstić information content (AvgIpc) is 3.61. The molecule has 67 heavy (non-hydrogen) atoms. The number of nitrogens with two attached hydrogens (primary N) is 2. The summed E-state index contributed by atoms with van der Waals surface area (Å²) in [7, 11) is 1.37. The van der Waals surface area contributed by atoms with Gasteiger partial charge in [-0.3, -0.25) is 28.8 Å². The summed E-state index contributed by atoms with van der Waals surface area (Å²) in [4.78, 5) is 111. The number of rotatable bonds is 17. The number of nitrogens with one attached hydrogen (secondary N) is 4. The van der Waals surface area contributed by atoms with Crippen LogP contribution in [0.15, 0.2) is 71.1 Å². The number of methoxy groups -OCH3 is 1. The topological polar surface area (TPSA) is 271 Å². The van der Waals surface area contributed by atoms with Gasteiger partial charge in [-0.2, -0.15) is 0 Å². The van der Waals surface area contributed by atoms with Gasteiger partial charge in [0.1, 0.15) is 43.4 Å². The van der Waals surface area contributed by atoms with E-state index < -0.39 is 102 Å². The minimum Gasteiger partial charge on any atom is -0.449 e. The number of fused-ring (bicyclic) bond motifs is 7. The first-order valence-corrected chi connectivity index (χ1v) is 22.6. The fourth-order valence-corrected chi connectivity index (χ4v) is 10.2. The number of carbonyl (C=O) groups is 8. The molecule has 358 valence electrons. The summed E-state index contributed by atoms with van der Waals surface area (Å²) in [6.07, 6.45) is -1.50. The number of benzene rings is 2. The van der Waals surface area contributed by atoms with E-state index in [1.165, 1.54) is 32.8 Å². The lowest BCUT2D eigenvalue weighted by molar-refractivity contribution is -0.155. The van der Waals surface area contributed by atoms with Gasteiger partial charge in [-0.15, -0.1) is 0 Å². The molecule has 8 N–H and O–H groups in total. The molecule has 8 atom stereocenters. The van der Waals surface area contributed by atoms with Gasteiger partial charge >= 0.3 is 12.2 Å². The summed E-state index contributed by atoms with van der Waals surface area (Å²) >= 11 is 0. The van der Waals surface area contributed by atoms with Crippen LogP contribution in [0.2, 0.25) is 0 Å². The zero-order chi connectivity index (χ0) is 48.8. The number of alkyl carbamates (subject to hydrolysis) is 1. The van der Waals surface area contributed by atoms with Gasteiger partial charge < -0.3 is 56.7 Å². The number of primary amides is 1. The second-order valence-corrected chi connectivity index (χ2v) is 18.8. The van der Waals surface area contributed by atoms with Crippen LogP contribution in [-0.2, 0) is 43.0 Å². The molecule has 19 nitrogen and oxygen atoms in total. The summed E-state index contributed by atoms with van der Waals surface area (Å²) in [5.74, 6) is -4.87. The first-order valence-electron chi connectivity index (χ1n) is 22.6. The lowest BCUT2D eigenvalue weighted by Crippen LogP contribution is -2.59. The quantitative estimate of drug-likeness (QED) is 0.0982. The van der Waals surface area contributed by atoms with Crippen LogP contribution in [0.1, 0.15) is 78.4 Å². The summed E-state index contributed by atoms with van der Waals surface area (Å²) in [6.45, 7) is 11.6. The third-order valence-electron chi connectivity index (χ3n) is 13.4. The van der Waals surface area contributed by atoms with Crippen molar-refractivity contribution in [3.63, 3.8) is 0 Å². The zero-order valence-electron chi connectivity index (χ0n) is 39.0. The second kappa shape index (κ2) is 18.9. The maximum Gasteiger partial charge on any atom is 0.407 e. The molecule has 4 unspecified atom stereocenters. The molecular weight excluding hydrogens is 865 g/mol.